The minimum atomic E-state index is -1.79. The lowest BCUT2D eigenvalue weighted by Crippen LogP contribution is -2.43. The highest BCUT2D eigenvalue weighted by molar-refractivity contribution is 6.74. The van der Waals surface area contributed by atoms with Crippen molar-refractivity contribution in [3.05, 3.63) is 0 Å². The minimum absolute atomic E-state index is 0.00298. The fourth-order valence-electron chi connectivity index (χ4n) is 2.38. The van der Waals surface area contributed by atoms with Gasteiger partial charge in [-0.2, -0.15) is 5.10 Å². The van der Waals surface area contributed by atoms with Gasteiger partial charge in [-0.25, -0.2) is 0 Å². The van der Waals surface area contributed by atoms with E-state index in [1.54, 1.807) is 6.21 Å². The SMILES string of the molecule is C[C@H](CC(=O)C/C=N/N1CCCCC1)O[Si](C)(C)C(C)(C)C. The number of hydrogen-bond acceptors (Lipinski definition) is 4. The maximum atomic E-state index is 12.1. The Hall–Kier alpha value is -0.683. The molecule has 0 aliphatic carbocycles. The van der Waals surface area contributed by atoms with Crippen LogP contribution in [0.5, 0.6) is 0 Å². The summed E-state index contributed by atoms with van der Waals surface area (Å²) in [5.41, 5.74) is 0. The summed E-state index contributed by atoms with van der Waals surface area (Å²) in [5, 5.41) is 6.66. The summed E-state index contributed by atoms with van der Waals surface area (Å²) < 4.78 is 6.23. The van der Waals surface area contributed by atoms with Crippen molar-refractivity contribution in [2.45, 2.75) is 84.0 Å². The molecule has 1 aliphatic rings. The van der Waals surface area contributed by atoms with Crippen LogP contribution in [0.3, 0.4) is 0 Å². The highest BCUT2D eigenvalue weighted by Gasteiger charge is 2.38. The van der Waals surface area contributed by atoms with Crippen LogP contribution in [0.15, 0.2) is 5.10 Å². The van der Waals surface area contributed by atoms with Crippen LogP contribution >= 0.6 is 0 Å². The number of piperidine rings is 1. The Morgan fingerprint density at radius 1 is 1.27 bits per heavy atom. The molecule has 1 fully saturated rings. The van der Waals surface area contributed by atoms with Gasteiger partial charge in [0.2, 0.25) is 0 Å². The lowest BCUT2D eigenvalue weighted by molar-refractivity contribution is -0.119. The first-order valence-corrected chi connectivity index (χ1v) is 11.5. The van der Waals surface area contributed by atoms with Gasteiger partial charge in [-0.3, -0.25) is 9.80 Å². The predicted molar refractivity (Wildman–Crippen MR) is 95.9 cm³/mol. The zero-order valence-electron chi connectivity index (χ0n) is 15.3. The Labute approximate surface area is 137 Å². The van der Waals surface area contributed by atoms with Gasteiger partial charge in [-0.15, -0.1) is 0 Å². The summed E-state index contributed by atoms with van der Waals surface area (Å²) in [5.74, 6) is 0.215. The highest BCUT2D eigenvalue weighted by atomic mass is 28.4. The average Bonchev–Trinajstić information content (AvgIpc) is 2.37. The first kappa shape index (κ1) is 19.4. The van der Waals surface area contributed by atoms with Crippen molar-refractivity contribution in [2.75, 3.05) is 13.1 Å². The number of carbonyl (C=O) groups excluding carboxylic acids is 1. The summed E-state index contributed by atoms with van der Waals surface area (Å²) in [6.07, 6.45) is 6.39. The minimum Gasteiger partial charge on any atom is -0.414 e. The molecule has 0 saturated carbocycles. The van der Waals surface area contributed by atoms with Crippen LogP contribution in [0.4, 0.5) is 0 Å². The van der Waals surface area contributed by atoms with Crippen LogP contribution in [0, 0.1) is 0 Å². The van der Waals surface area contributed by atoms with E-state index in [9.17, 15) is 4.79 Å². The molecule has 0 N–H and O–H groups in total. The second kappa shape index (κ2) is 8.25. The first-order valence-electron chi connectivity index (χ1n) is 8.59. The topological polar surface area (TPSA) is 41.9 Å². The maximum absolute atomic E-state index is 12.1. The van der Waals surface area contributed by atoms with Gasteiger partial charge in [-0.1, -0.05) is 20.8 Å². The van der Waals surface area contributed by atoms with Crippen LogP contribution < -0.4 is 0 Å². The molecule has 1 heterocycles. The molecule has 128 valence electrons. The highest BCUT2D eigenvalue weighted by Crippen LogP contribution is 2.37. The van der Waals surface area contributed by atoms with E-state index >= 15 is 0 Å². The molecule has 0 spiro atoms. The van der Waals surface area contributed by atoms with E-state index in [0.717, 1.165) is 13.1 Å². The van der Waals surface area contributed by atoms with Crippen molar-refractivity contribution in [1.29, 1.82) is 0 Å². The Morgan fingerprint density at radius 3 is 2.41 bits per heavy atom. The van der Waals surface area contributed by atoms with Gasteiger partial charge in [0.15, 0.2) is 8.32 Å². The van der Waals surface area contributed by atoms with Crippen molar-refractivity contribution >= 4 is 20.3 Å². The van der Waals surface area contributed by atoms with Gasteiger partial charge >= 0.3 is 0 Å². The van der Waals surface area contributed by atoms with Crippen molar-refractivity contribution in [3.63, 3.8) is 0 Å². The van der Waals surface area contributed by atoms with Crippen LogP contribution in [0.2, 0.25) is 18.1 Å². The molecule has 0 bridgehead atoms. The third-order valence-corrected chi connectivity index (χ3v) is 9.32. The number of carbonyl (C=O) groups is 1. The van der Waals surface area contributed by atoms with Gasteiger partial charge in [0.05, 0.1) is 0 Å². The molecule has 0 unspecified atom stereocenters. The van der Waals surface area contributed by atoms with Crippen LogP contribution in [0.25, 0.3) is 0 Å². The standard InChI is InChI=1S/C17H34N2O2Si/c1-15(21-22(5,6)17(2,3)4)14-16(20)10-11-18-19-12-8-7-9-13-19/h11,15H,7-10,12-14H2,1-6H3/b18-11+/t15-/m1/s1. The third-order valence-electron chi connectivity index (χ3n) is 4.71. The fraction of sp³-hybridized carbons (Fsp3) is 0.882. The zero-order chi connectivity index (χ0) is 16.8. The molecule has 1 rings (SSSR count). The van der Waals surface area contributed by atoms with Crippen molar-refractivity contribution in [3.8, 4) is 0 Å². The monoisotopic (exact) mass is 326 g/mol. The third kappa shape index (κ3) is 6.61. The first-order chi connectivity index (χ1) is 10.1. The smallest absolute Gasteiger partial charge is 0.192 e. The van der Waals surface area contributed by atoms with Crippen molar-refractivity contribution in [2.24, 2.45) is 5.10 Å². The van der Waals surface area contributed by atoms with E-state index in [1.807, 2.05) is 6.92 Å². The molecule has 1 saturated heterocycles. The van der Waals surface area contributed by atoms with Crippen molar-refractivity contribution in [1.82, 2.24) is 5.01 Å². The number of nitrogens with zero attached hydrogens (tertiary/aromatic N) is 2. The number of Topliss-reactive ketones (excluding diaryl/α,β-unsaturated/α-hetero) is 1. The Kier molecular flexibility index (Phi) is 7.26. The molecule has 0 radical (unpaired) electrons. The summed E-state index contributed by atoms with van der Waals surface area (Å²) >= 11 is 0. The zero-order valence-corrected chi connectivity index (χ0v) is 16.3. The molecule has 22 heavy (non-hydrogen) atoms. The van der Waals surface area contributed by atoms with Gasteiger partial charge in [0.1, 0.15) is 5.78 Å². The van der Waals surface area contributed by atoms with Crippen LogP contribution in [0.1, 0.15) is 59.8 Å². The molecule has 1 atom stereocenters. The molecule has 0 aromatic rings. The molecule has 0 aromatic carbocycles. The number of ketones is 1. The number of hydrazone groups is 1. The molecule has 0 aromatic heterocycles. The van der Waals surface area contributed by atoms with E-state index in [1.165, 1.54) is 19.3 Å². The fourth-order valence-corrected chi connectivity index (χ4v) is 3.82. The second-order valence-electron chi connectivity index (χ2n) is 7.95. The normalized spacial score (nSPS) is 18.7. The summed E-state index contributed by atoms with van der Waals surface area (Å²) in [4.78, 5) is 12.1. The van der Waals surface area contributed by atoms with Gasteiger partial charge in [0.25, 0.3) is 0 Å². The molecule has 1 aliphatic heterocycles. The molecular weight excluding hydrogens is 292 g/mol. The Morgan fingerprint density at radius 2 is 1.86 bits per heavy atom. The van der Waals surface area contributed by atoms with Crippen LogP contribution in [-0.2, 0) is 9.22 Å². The van der Waals surface area contributed by atoms with Gasteiger partial charge in [-0.05, 0) is 44.3 Å². The van der Waals surface area contributed by atoms with E-state index in [2.05, 4.69) is 44.0 Å². The largest absolute Gasteiger partial charge is 0.414 e. The molecule has 5 heteroatoms. The lowest BCUT2D eigenvalue weighted by Gasteiger charge is -2.38. The summed E-state index contributed by atoms with van der Waals surface area (Å²) in [7, 11) is -1.79. The van der Waals surface area contributed by atoms with E-state index in [0.29, 0.717) is 12.8 Å². The molecule has 4 nitrogen and oxygen atoms in total. The van der Waals surface area contributed by atoms with E-state index < -0.39 is 8.32 Å². The maximum Gasteiger partial charge on any atom is 0.192 e. The lowest BCUT2D eigenvalue weighted by atomic mass is 10.1. The van der Waals surface area contributed by atoms with E-state index in [-0.39, 0.29) is 16.9 Å². The summed E-state index contributed by atoms with van der Waals surface area (Å²) in [6.45, 7) is 15.2. The van der Waals surface area contributed by atoms with Crippen LogP contribution in [-0.4, -0.2) is 44.5 Å². The van der Waals surface area contributed by atoms with Gasteiger partial charge < -0.3 is 4.43 Å². The van der Waals surface area contributed by atoms with Gasteiger partial charge in [0, 0.05) is 38.2 Å². The number of rotatable bonds is 7. The van der Waals surface area contributed by atoms with E-state index in [4.69, 9.17) is 4.43 Å². The molecular formula is C17H34N2O2Si. The quantitative estimate of drug-likeness (QED) is 0.519. The molecule has 0 amide bonds. The Balaban J connectivity index is 2.33. The average molecular weight is 327 g/mol. The summed E-state index contributed by atoms with van der Waals surface area (Å²) in [6, 6.07) is 0. The van der Waals surface area contributed by atoms with Crippen molar-refractivity contribution < 1.29 is 9.22 Å². The Bertz CT molecular complexity index is 383. The number of hydrogen-bond donors (Lipinski definition) is 0. The predicted octanol–water partition coefficient (Wildman–Crippen LogP) is 4.22. The second-order valence-corrected chi connectivity index (χ2v) is 12.7.